The van der Waals surface area contributed by atoms with E-state index in [0.717, 1.165) is 35.5 Å². The van der Waals surface area contributed by atoms with Crippen molar-refractivity contribution >= 4 is 17.5 Å². The standard InChI is InChI=1S/C26H24N2O3/c1-18-6-11-24-23(14-18)28(25(29)17-31-24)15-19-7-9-21(10-8-19)26(30)27-13-12-20-4-2-3-5-22(20)16-27/h2-11,14H,12-13,15-17H2,1H3. The Hall–Kier alpha value is -3.60. The number of nitrogens with zero attached hydrogens (tertiary/aromatic N) is 2. The molecule has 2 amide bonds. The topological polar surface area (TPSA) is 49.9 Å². The van der Waals surface area contributed by atoms with Crippen LogP contribution in [0.15, 0.2) is 66.7 Å². The SMILES string of the molecule is Cc1ccc2c(c1)N(Cc1ccc(C(=O)N3CCc4ccccc4C3)cc1)C(=O)CO2. The number of hydrogen-bond donors (Lipinski definition) is 0. The van der Waals surface area contributed by atoms with E-state index >= 15 is 0 Å². The molecule has 2 aliphatic heterocycles. The van der Waals surface area contributed by atoms with Gasteiger partial charge in [-0.2, -0.15) is 0 Å². The highest BCUT2D eigenvalue weighted by Crippen LogP contribution is 2.34. The van der Waals surface area contributed by atoms with Gasteiger partial charge in [-0.15, -0.1) is 0 Å². The zero-order chi connectivity index (χ0) is 21.4. The third kappa shape index (κ3) is 3.79. The van der Waals surface area contributed by atoms with Gasteiger partial charge in [0.2, 0.25) is 0 Å². The lowest BCUT2D eigenvalue weighted by atomic mass is 9.99. The predicted octanol–water partition coefficient (Wildman–Crippen LogP) is 4.12. The minimum atomic E-state index is -0.0646. The van der Waals surface area contributed by atoms with Crippen LogP contribution in [0.3, 0.4) is 0 Å². The van der Waals surface area contributed by atoms with Gasteiger partial charge < -0.3 is 14.5 Å². The highest BCUT2D eigenvalue weighted by atomic mass is 16.5. The fourth-order valence-electron chi connectivity index (χ4n) is 4.27. The van der Waals surface area contributed by atoms with E-state index < -0.39 is 0 Å². The van der Waals surface area contributed by atoms with Crippen LogP contribution in [0.5, 0.6) is 5.75 Å². The van der Waals surface area contributed by atoms with Gasteiger partial charge in [-0.1, -0.05) is 42.5 Å². The van der Waals surface area contributed by atoms with E-state index in [2.05, 4.69) is 12.1 Å². The van der Waals surface area contributed by atoms with Gasteiger partial charge in [-0.25, -0.2) is 0 Å². The normalized spacial score (nSPS) is 15.2. The van der Waals surface area contributed by atoms with Crippen molar-refractivity contribution in [1.29, 1.82) is 0 Å². The molecule has 2 aliphatic rings. The van der Waals surface area contributed by atoms with Gasteiger partial charge in [0.25, 0.3) is 11.8 Å². The number of carbonyl (C=O) groups excluding carboxylic acids is 2. The van der Waals surface area contributed by atoms with Crippen molar-refractivity contribution in [1.82, 2.24) is 4.90 Å². The Kier molecular flexibility index (Phi) is 4.94. The summed E-state index contributed by atoms with van der Waals surface area (Å²) < 4.78 is 5.56. The van der Waals surface area contributed by atoms with E-state index in [1.807, 2.05) is 66.4 Å². The average molecular weight is 412 g/mol. The third-order valence-corrected chi connectivity index (χ3v) is 6.02. The molecule has 0 radical (unpaired) electrons. The van der Waals surface area contributed by atoms with Crippen LogP contribution in [0.2, 0.25) is 0 Å². The molecule has 3 aromatic carbocycles. The molecule has 156 valence electrons. The summed E-state index contributed by atoms with van der Waals surface area (Å²) in [5.74, 6) is 0.706. The van der Waals surface area contributed by atoms with Gasteiger partial charge in [0.15, 0.2) is 6.61 Å². The fraction of sp³-hybridized carbons (Fsp3) is 0.231. The zero-order valence-electron chi connectivity index (χ0n) is 17.5. The molecule has 0 N–H and O–H groups in total. The number of amides is 2. The molecule has 0 unspecified atom stereocenters. The van der Waals surface area contributed by atoms with Crippen molar-refractivity contribution in [2.45, 2.75) is 26.4 Å². The van der Waals surface area contributed by atoms with Crippen molar-refractivity contribution in [2.75, 3.05) is 18.1 Å². The van der Waals surface area contributed by atoms with Crippen LogP contribution in [0.4, 0.5) is 5.69 Å². The molecule has 31 heavy (non-hydrogen) atoms. The van der Waals surface area contributed by atoms with E-state index in [-0.39, 0.29) is 18.4 Å². The summed E-state index contributed by atoms with van der Waals surface area (Å²) in [6.45, 7) is 3.87. The Morgan fingerprint density at radius 2 is 1.77 bits per heavy atom. The lowest BCUT2D eigenvalue weighted by molar-refractivity contribution is -0.121. The van der Waals surface area contributed by atoms with Crippen molar-refractivity contribution in [3.63, 3.8) is 0 Å². The molecule has 0 saturated heterocycles. The van der Waals surface area contributed by atoms with Gasteiger partial charge in [0, 0.05) is 18.7 Å². The highest BCUT2D eigenvalue weighted by molar-refractivity contribution is 5.98. The smallest absolute Gasteiger partial charge is 0.265 e. The van der Waals surface area contributed by atoms with E-state index in [4.69, 9.17) is 4.74 Å². The Bertz CT molecular complexity index is 1150. The van der Waals surface area contributed by atoms with Gasteiger partial charge in [-0.05, 0) is 59.9 Å². The van der Waals surface area contributed by atoms with Crippen LogP contribution in [0.25, 0.3) is 0 Å². The first-order valence-electron chi connectivity index (χ1n) is 10.6. The van der Waals surface area contributed by atoms with Crippen LogP contribution in [-0.4, -0.2) is 29.9 Å². The Morgan fingerprint density at radius 1 is 1.00 bits per heavy atom. The molecule has 5 heteroatoms. The van der Waals surface area contributed by atoms with Crippen LogP contribution >= 0.6 is 0 Å². The first-order chi connectivity index (χ1) is 15.1. The van der Waals surface area contributed by atoms with E-state index in [1.165, 1.54) is 11.1 Å². The first-order valence-corrected chi connectivity index (χ1v) is 10.6. The third-order valence-electron chi connectivity index (χ3n) is 6.02. The molecule has 0 atom stereocenters. The van der Waals surface area contributed by atoms with Gasteiger partial charge in [0.1, 0.15) is 5.75 Å². The summed E-state index contributed by atoms with van der Waals surface area (Å²) in [4.78, 5) is 29.2. The minimum Gasteiger partial charge on any atom is -0.482 e. The lowest BCUT2D eigenvalue weighted by Gasteiger charge is -2.30. The Balaban J connectivity index is 1.32. The second kappa shape index (κ2) is 7.91. The Morgan fingerprint density at radius 3 is 2.58 bits per heavy atom. The lowest BCUT2D eigenvalue weighted by Crippen LogP contribution is -2.38. The number of aryl methyl sites for hydroxylation is 1. The summed E-state index contributed by atoms with van der Waals surface area (Å²) in [5.41, 5.74) is 6.07. The summed E-state index contributed by atoms with van der Waals surface area (Å²) in [6, 6.07) is 21.7. The average Bonchev–Trinajstić information content (AvgIpc) is 2.80. The van der Waals surface area contributed by atoms with Gasteiger partial charge in [-0.3, -0.25) is 9.59 Å². The number of rotatable bonds is 3. The van der Waals surface area contributed by atoms with E-state index in [9.17, 15) is 9.59 Å². The van der Waals surface area contributed by atoms with Crippen molar-refractivity contribution in [3.8, 4) is 5.75 Å². The predicted molar refractivity (Wildman–Crippen MR) is 119 cm³/mol. The van der Waals surface area contributed by atoms with Gasteiger partial charge in [0.05, 0.1) is 12.2 Å². The van der Waals surface area contributed by atoms with Gasteiger partial charge >= 0.3 is 0 Å². The summed E-state index contributed by atoms with van der Waals surface area (Å²) in [7, 11) is 0. The first kappa shape index (κ1) is 19.4. The monoisotopic (exact) mass is 412 g/mol. The minimum absolute atomic E-state index is 0.0447. The molecule has 3 aromatic rings. The maximum Gasteiger partial charge on any atom is 0.265 e. The molecule has 5 nitrogen and oxygen atoms in total. The summed E-state index contributed by atoms with van der Waals surface area (Å²) in [6.07, 6.45) is 0.887. The largest absolute Gasteiger partial charge is 0.482 e. The number of fused-ring (bicyclic) bond motifs is 2. The molecule has 2 heterocycles. The number of anilines is 1. The maximum atomic E-state index is 13.0. The molecule has 5 rings (SSSR count). The molecular formula is C26H24N2O3. The van der Waals surface area contributed by atoms with E-state index in [0.29, 0.717) is 18.7 Å². The van der Waals surface area contributed by atoms with Crippen LogP contribution < -0.4 is 9.64 Å². The maximum absolute atomic E-state index is 13.0. The zero-order valence-corrected chi connectivity index (χ0v) is 17.5. The van der Waals surface area contributed by atoms with Crippen LogP contribution in [-0.2, 0) is 24.3 Å². The summed E-state index contributed by atoms with van der Waals surface area (Å²) in [5, 5.41) is 0. The highest BCUT2D eigenvalue weighted by Gasteiger charge is 2.26. The fourth-order valence-corrected chi connectivity index (χ4v) is 4.27. The van der Waals surface area contributed by atoms with Crippen molar-refractivity contribution in [2.24, 2.45) is 0 Å². The molecule has 0 spiro atoms. The van der Waals surface area contributed by atoms with Crippen molar-refractivity contribution in [3.05, 3.63) is 94.5 Å². The van der Waals surface area contributed by atoms with E-state index in [1.54, 1.807) is 4.90 Å². The van der Waals surface area contributed by atoms with Crippen LogP contribution in [0, 0.1) is 6.92 Å². The number of carbonyl (C=O) groups is 2. The molecular weight excluding hydrogens is 388 g/mol. The van der Waals surface area contributed by atoms with Crippen molar-refractivity contribution < 1.29 is 14.3 Å². The Labute approximate surface area is 181 Å². The summed E-state index contributed by atoms with van der Waals surface area (Å²) >= 11 is 0. The molecule has 0 fully saturated rings. The number of hydrogen-bond acceptors (Lipinski definition) is 3. The van der Waals surface area contributed by atoms with Crippen LogP contribution in [0.1, 0.15) is 32.6 Å². The molecule has 0 saturated carbocycles. The molecule has 0 aliphatic carbocycles. The molecule has 0 bridgehead atoms. The quantitative estimate of drug-likeness (QED) is 0.650. The number of benzene rings is 3. The number of ether oxygens (including phenoxy) is 1. The molecule has 0 aromatic heterocycles. The second-order valence-electron chi connectivity index (χ2n) is 8.18. The second-order valence-corrected chi connectivity index (χ2v) is 8.18.